The molecule has 0 aliphatic heterocycles. The van der Waals surface area contributed by atoms with Gasteiger partial charge in [0.05, 0.1) is 6.61 Å². The van der Waals surface area contributed by atoms with Crippen LogP contribution in [0, 0.1) is 6.92 Å². The average Bonchev–Trinajstić information content (AvgIpc) is 2.35. The van der Waals surface area contributed by atoms with Crippen molar-refractivity contribution in [3.63, 3.8) is 0 Å². The van der Waals surface area contributed by atoms with Crippen molar-refractivity contribution in [2.45, 2.75) is 13.3 Å². The maximum atomic E-state index is 5.72. The second-order valence-electron chi connectivity index (χ2n) is 3.98. The van der Waals surface area contributed by atoms with E-state index in [1.165, 1.54) is 5.56 Å². The third-order valence-corrected chi connectivity index (χ3v) is 2.58. The Kier molecular flexibility index (Phi) is 3.60. The molecule has 3 heteroatoms. The molecule has 0 atom stereocenters. The Bertz CT molecular complexity index is 483. The number of benzene rings is 1. The number of pyridine rings is 1. The van der Waals surface area contributed by atoms with E-state index in [4.69, 9.17) is 10.5 Å². The van der Waals surface area contributed by atoms with Crippen molar-refractivity contribution < 1.29 is 4.74 Å². The van der Waals surface area contributed by atoms with Crippen LogP contribution in [0.25, 0.3) is 0 Å². The van der Waals surface area contributed by atoms with E-state index < -0.39 is 0 Å². The Morgan fingerprint density at radius 3 is 2.94 bits per heavy atom. The Balaban J connectivity index is 1.92. The lowest BCUT2D eigenvalue weighted by Gasteiger charge is -2.09. The maximum Gasteiger partial charge on any atom is 0.124 e. The molecule has 88 valence electrons. The van der Waals surface area contributed by atoms with Crippen molar-refractivity contribution in [1.82, 2.24) is 4.98 Å². The van der Waals surface area contributed by atoms with E-state index >= 15 is 0 Å². The van der Waals surface area contributed by atoms with Gasteiger partial charge in [0.2, 0.25) is 0 Å². The fraction of sp³-hybridized carbons (Fsp3) is 0.214. The van der Waals surface area contributed by atoms with E-state index in [1.54, 1.807) is 6.20 Å². The van der Waals surface area contributed by atoms with Crippen LogP contribution in [0.4, 0.5) is 5.69 Å². The summed E-state index contributed by atoms with van der Waals surface area (Å²) >= 11 is 0. The van der Waals surface area contributed by atoms with Crippen molar-refractivity contribution in [2.75, 3.05) is 12.3 Å². The average molecular weight is 228 g/mol. The summed E-state index contributed by atoms with van der Waals surface area (Å²) in [6.45, 7) is 2.65. The van der Waals surface area contributed by atoms with Gasteiger partial charge in [-0.25, -0.2) is 0 Å². The Morgan fingerprint density at radius 1 is 1.29 bits per heavy atom. The van der Waals surface area contributed by atoms with E-state index in [0.717, 1.165) is 23.4 Å². The topological polar surface area (TPSA) is 48.1 Å². The van der Waals surface area contributed by atoms with Gasteiger partial charge in [-0.3, -0.25) is 4.98 Å². The minimum atomic E-state index is 0.635. The van der Waals surface area contributed by atoms with Crippen LogP contribution in [-0.2, 0) is 6.42 Å². The molecule has 3 nitrogen and oxygen atoms in total. The van der Waals surface area contributed by atoms with Gasteiger partial charge in [0, 0.05) is 30.6 Å². The molecule has 2 aromatic rings. The van der Waals surface area contributed by atoms with Gasteiger partial charge in [-0.05, 0) is 30.2 Å². The van der Waals surface area contributed by atoms with Crippen molar-refractivity contribution in [1.29, 1.82) is 0 Å². The minimum Gasteiger partial charge on any atom is -0.493 e. The molecule has 2 rings (SSSR count). The highest BCUT2D eigenvalue weighted by atomic mass is 16.5. The standard InChI is InChI=1S/C14H16N2O/c1-11-4-5-13(15)9-14(11)17-8-6-12-3-2-7-16-10-12/h2-5,7,9-10H,6,8,15H2,1H3. The predicted octanol–water partition coefficient (Wildman–Crippen LogP) is 2.59. The zero-order valence-electron chi connectivity index (χ0n) is 9.89. The van der Waals surface area contributed by atoms with Gasteiger partial charge in [0.25, 0.3) is 0 Å². The van der Waals surface area contributed by atoms with Crippen molar-refractivity contribution >= 4 is 5.69 Å². The number of nitrogens with zero attached hydrogens (tertiary/aromatic N) is 1. The molecule has 1 aromatic carbocycles. The summed E-state index contributed by atoms with van der Waals surface area (Å²) < 4.78 is 5.71. The second kappa shape index (κ2) is 5.34. The van der Waals surface area contributed by atoms with Crippen LogP contribution < -0.4 is 10.5 Å². The largest absolute Gasteiger partial charge is 0.493 e. The number of nitrogens with two attached hydrogens (primary N) is 1. The maximum absolute atomic E-state index is 5.72. The van der Waals surface area contributed by atoms with Gasteiger partial charge in [0.1, 0.15) is 5.75 Å². The monoisotopic (exact) mass is 228 g/mol. The summed E-state index contributed by atoms with van der Waals surface area (Å²) in [5.41, 5.74) is 8.73. The number of nitrogen functional groups attached to an aromatic ring is 1. The molecule has 0 saturated carbocycles. The van der Waals surface area contributed by atoms with E-state index in [2.05, 4.69) is 4.98 Å². The van der Waals surface area contributed by atoms with Gasteiger partial charge >= 0.3 is 0 Å². The van der Waals surface area contributed by atoms with Crippen LogP contribution in [0.3, 0.4) is 0 Å². The first-order valence-corrected chi connectivity index (χ1v) is 5.63. The molecule has 0 fully saturated rings. The Labute approximate surface area is 101 Å². The van der Waals surface area contributed by atoms with Gasteiger partial charge < -0.3 is 10.5 Å². The van der Waals surface area contributed by atoms with Crippen molar-refractivity contribution in [3.8, 4) is 5.75 Å². The van der Waals surface area contributed by atoms with E-state index in [-0.39, 0.29) is 0 Å². The highest BCUT2D eigenvalue weighted by Gasteiger charge is 2.00. The number of hydrogen-bond acceptors (Lipinski definition) is 3. The van der Waals surface area contributed by atoms with Crippen LogP contribution in [0.5, 0.6) is 5.75 Å². The molecule has 17 heavy (non-hydrogen) atoms. The molecular formula is C14H16N2O. The summed E-state index contributed by atoms with van der Waals surface area (Å²) in [7, 11) is 0. The summed E-state index contributed by atoms with van der Waals surface area (Å²) in [4.78, 5) is 4.07. The predicted molar refractivity (Wildman–Crippen MR) is 69.0 cm³/mol. The van der Waals surface area contributed by atoms with E-state index in [0.29, 0.717) is 6.61 Å². The molecule has 1 aromatic heterocycles. The van der Waals surface area contributed by atoms with E-state index in [9.17, 15) is 0 Å². The van der Waals surface area contributed by atoms with Gasteiger partial charge in [-0.15, -0.1) is 0 Å². The first-order valence-electron chi connectivity index (χ1n) is 5.63. The first kappa shape index (κ1) is 11.5. The molecule has 0 saturated heterocycles. The molecule has 0 radical (unpaired) electrons. The third-order valence-electron chi connectivity index (χ3n) is 2.58. The van der Waals surface area contributed by atoms with Crippen LogP contribution >= 0.6 is 0 Å². The lowest BCUT2D eigenvalue weighted by molar-refractivity contribution is 0.320. The SMILES string of the molecule is Cc1ccc(N)cc1OCCc1cccnc1. The first-order chi connectivity index (χ1) is 8.25. The molecule has 0 bridgehead atoms. The summed E-state index contributed by atoms with van der Waals surface area (Å²) in [5.74, 6) is 0.855. The van der Waals surface area contributed by atoms with Crippen molar-refractivity contribution in [2.24, 2.45) is 0 Å². The van der Waals surface area contributed by atoms with Gasteiger partial charge in [-0.1, -0.05) is 12.1 Å². The molecule has 1 heterocycles. The smallest absolute Gasteiger partial charge is 0.124 e. The number of hydrogen-bond donors (Lipinski definition) is 1. The summed E-state index contributed by atoms with van der Waals surface area (Å²) in [6, 6.07) is 9.68. The van der Waals surface area contributed by atoms with Gasteiger partial charge in [0.15, 0.2) is 0 Å². The highest BCUT2D eigenvalue weighted by Crippen LogP contribution is 2.20. The normalized spacial score (nSPS) is 10.2. The van der Waals surface area contributed by atoms with Crippen LogP contribution in [-0.4, -0.2) is 11.6 Å². The Hall–Kier alpha value is -2.03. The van der Waals surface area contributed by atoms with Crippen LogP contribution in [0.1, 0.15) is 11.1 Å². The zero-order chi connectivity index (χ0) is 12.1. The summed E-state index contributed by atoms with van der Waals surface area (Å²) in [5, 5.41) is 0. The molecule has 0 spiro atoms. The van der Waals surface area contributed by atoms with Crippen LogP contribution in [0.15, 0.2) is 42.7 Å². The zero-order valence-corrected chi connectivity index (χ0v) is 9.89. The number of ether oxygens (including phenoxy) is 1. The lowest BCUT2D eigenvalue weighted by atomic mass is 10.2. The fourth-order valence-electron chi connectivity index (χ4n) is 1.60. The summed E-state index contributed by atoms with van der Waals surface area (Å²) in [6.07, 6.45) is 4.48. The molecular weight excluding hydrogens is 212 g/mol. The molecule has 2 N–H and O–H groups in total. The van der Waals surface area contributed by atoms with Crippen molar-refractivity contribution in [3.05, 3.63) is 53.9 Å². The highest BCUT2D eigenvalue weighted by molar-refractivity contribution is 5.47. The fourth-order valence-corrected chi connectivity index (χ4v) is 1.60. The van der Waals surface area contributed by atoms with Gasteiger partial charge in [-0.2, -0.15) is 0 Å². The molecule has 0 amide bonds. The molecule has 0 aliphatic rings. The molecule has 0 aliphatic carbocycles. The lowest BCUT2D eigenvalue weighted by Crippen LogP contribution is -2.03. The number of anilines is 1. The second-order valence-corrected chi connectivity index (χ2v) is 3.98. The molecule has 0 unspecified atom stereocenters. The van der Waals surface area contributed by atoms with E-state index in [1.807, 2.05) is 43.5 Å². The number of aryl methyl sites for hydroxylation is 1. The van der Waals surface area contributed by atoms with Crippen LogP contribution in [0.2, 0.25) is 0 Å². The Morgan fingerprint density at radius 2 is 2.18 bits per heavy atom. The number of aromatic nitrogens is 1. The number of rotatable bonds is 4. The minimum absolute atomic E-state index is 0.635. The third kappa shape index (κ3) is 3.21. The quantitative estimate of drug-likeness (QED) is 0.818.